The number of tetrazole rings is 1. The second kappa shape index (κ2) is 6.53. The van der Waals surface area contributed by atoms with Gasteiger partial charge in [-0.2, -0.15) is 0 Å². The first-order valence-corrected chi connectivity index (χ1v) is 7.04. The third-order valence-electron chi connectivity index (χ3n) is 3.45. The van der Waals surface area contributed by atoms with Gasteiger partial charge in [0.25, 0.3) is 0 Å². The van der Waals surface area contributed by atoms with Crippen LogP contribution in [0.5, 0.6) is 5.75 Å². The monoisotopic (exact) mass is 314 g/mol. The van der Waals surface area contributed by atoms with Crippen molar-refractivity contribution < 1.29 is 14.2 Å². The van der Waals surface area contributed by atoms with E-state index >= 15 is 0 Å². The van der Waals surface area contributed by atoms with Gasteiger partial charge in [-0.3, -0.25) is 0 Å². The largest absolute Gasteiger partial charge is 0.491 e. The molecule has 7 heteroatoms. The van der Waals surface area contributed by atoms with Crippen molar-refractivity contribution in [1.29, 1.82) is 0 Å². The Labute approximate surface area is 132 Å². The van der Waals surface area contributed by atoms with Crippen molar-refractivity contribution in [3.05, 3.63) is 65.7 Å². The van der Waals surface area contributed by atoms with Gasteiger partial charge in [-0.05, 0) is 64.9 Å². The van der Waals surface area contributed by atoms with Crippen LogP contribution >= 0.6 is 0 Å². The Morgan fingerprint density at radius 2 is 2.00 bits per heavy atom. The van der Waals surface area contributed by atoms with E-state index in [-0.39, 0.29) is 12.4 Å². The lowest BCUT2D eigenvalue weighted by atomic mass is 10.0. The maximum absolute atomic E-state index is 13.1. The van der Waals surface area contributed by atoms with Crippen LogP contribution in [0.25, 0.3) is 5.69 Å². The Hall–Kier alpha value is -2.80. The first-order chi connectivity index (χ1) is 11.1. The van der Waals surface area contributed by atoms with Gasteiger partial charge in [0.05, 0.1) is 5.69 Å². The number of aryl methyl sites for hydroxylation is 1. The van der Waals surface area contributed by atoms with Gasteiger partial charge in [-0.25, -0.2) is 9.07 Å². The minimum atomic E-state index is -0.824. The molecule has 0 saturated heterocycles. The van der Waals surface area contributed by atoms with E-state index in [0.717, 1.165) is 5.69 Å². The standard InChI is InChI=1S/C16H15FN4O2/c1-11-8-12(17)2-7-15(11)16(22)9-23-14-5-3-13(4-6-14)21-10-18-19-20-21/h2-8,10,16,22H,9H2,1H3. The smallest absolute Gasteiger partial charge is 0.143 e. The number of hydrogen-bond donors (Lipinski definition) is 1. The molecule has 3 aromatic rings. The predicted octanol–water partition coefficient (Wildman–Crippen LogP) is 2.22. The van der Waals surface area contributed by atoms with Crippen molar-refractivity contribution in [1.82, 2.24) is 20.2 Å². The molecule has 1 N–H and O–H groups in total. The molecule has 0 spiro atoms. The van der Waals surface area contributed by atoms with Gasteiger partial charge < -0.3 is 9.84 Å². The number of rotatable bonds is 5. The Kier molecular flexibility index (Phi) is 4.29. The molecule has 23 heavy (non-hydrogen) atoms. The van der Waals surface area contributed by atoms with E-state index in [1.54, 1.807) is 37.3 Å². The Bertz CT molecular complexity index is 775. The molecule has 0 aliphatic carbocycles. The third kappa shape index (κ3) is 3.51. The average molecular weight is 314 g/mol. The molecule has 0 radical (unpaired) electrons. The van der Waals surface area contributed by atoms with Crippen LogP contribution in [-0.4, -0.2) is 31.9 Å². The molecule has 1 heterocycles. The van der Waals surface area contributed by atoms with Crippen molar-refractivity contribution in [2.45, 2.75) is 13.0 Å². The van der Waals surface area contributed by atoms with Crippen LogP contribution in [0.15, 0.2) is 48.8 Å². The highest BCUT2D eigenvalue weighted by atomic mass is 19.1. The molecule has 118 valence electrons. The number of benzene rings is 2. The van der Waals surface area contributed by atoms with E-state index in [4.69, 9.17) is 4.74 Å². The van der Waals surface area contributed by atoms with Gasteiger partial charge in [0.1, 0.15) is 30.6 Å². The molecular weight excluding hydrogens is 299 g/mol. The van der Waals surface area contributed by atoms with Crippen molar-refractivity contribution in [3.8, 4) is 11.4 Å². The van der Waals surface area contributed by atoms with Crippen LogP contribution in [-0.2, 0) is 0 Å². The molecule has 0 saturated carbocycles. The second-order valence-electron chi connectivity index (χ2n) is 5.08. The van der Waals surface area contributed by atoms with Crippen molar-refractivity contribution in [3.63, 3.8) is 0 Å². The number of aromatic nitrogens is 4. The third-order valence-corrected chi connectivity index (χ3v) is 3.45. The normalized spacial score (nSPS) is 12.1. The van der Waals surface area contributed by atoms with Crippen LogP contribution in [0, 0.1) is 12.7 Å². The number of aliphatic hydroxyl groups excluding tert-OH is 1. The lowest BCUT2D eigenvalue weighted by Gasteiger charge is -2.15. The summed E-state index contributed by atoms with van der Waals surface area (Å²) in [5.41, 5.74) is 2.14. The summed E-state index contributed by atoms with van der Waals surface area (Å²) in [6.07, 6.45) is 0.673. The van der Waals surface area contributed by atoms with Gasteiger partial charge in [-0.15, -0.1) is 5.10 Å². The summed E-state index contributed by atoms with van der Waals surface area (Å²) in [5, 5.41) is 21.1. The summed E-state index contributed by atoms with van der Waals surface area (Å²) in [5.74, 6) is 0.290. The Morgan fingerprint density at radius 3 is 2.65 bits per heavy atom. The number of nitrogens with zero attached hydrogens (tertiary/aromatic N) is 4. The van der Waals surface area contributed by atoms with Gasteiger partial charge in [0, 0.05) is 0 Å². The molecular formula is C16H15FN4O2. The summed E-state index contributed by atoms with van der Waals surface area (Å²) in [6, 6.07) is 11.4. The highest BCUT2D eigenvalue weighted by molar-refractivity contribution is 5.36. The molecule has 0 aliphatic heterocycles. The minimum Gasteiger partial charge on any atom is -0.491 e. The molecule has 0 aliphatic rings. The van der Waals surface area contributed by atoms with Crippen molar-refractivity contribution in [2.24, 2.45) is 0 Å². The van der Waals surface area contributed by atoms with E-state index in [9.17, 15) is 9.50 Å². The zero-order valence-corrected chi connectivity index (χ0v) is 12.4. The van der Waals surface area contributed by atoms with E-state index in [2.05, 4.69) is 15.5 Å². The van der Waals surface area contributed by atoms with Crippen molar-refractivity contribution >= 4 is 0 Å². The Morgan fingerprint density at radius 1 is 1.22 bits per heavy atom. The first-order valence-electron chi connectivity index (χ1n) is 7.04. The summed E-state index contributed by atoms with van der Waals surface area (Å²) in [4.78, 5) is 0. The molecule has 6 nitrogen and oxygen atoms in total. The second-order valence-corrected chi connectivity index (χ2v) is 5.08. The lowest BCUT2D eigenvalue weighted by Crippen LogP contribution is -2.11. The summed E-state index contributed by atoms with van der Waals surface area (Å²) in [6.45, 7) is 1.83. The Balaban J connectivity index is 1.63. The summed E-state index contributed by atoms with van der Waals surface area (Å²) in [7, 11) is 0. The van der Waals surface area contributed by atoms with E-state index < -0.39 is 6.10 Å². The van der Waals surface area contributed by atoms with E-state index in [1.165, 1.54) is 23.1 Å². The average Bonchev–Trinajstić information content (AvgIpc) is 3.07. The van der Waals surface area contributed by atoms with Gasteiger partial charge in [0.15, 0.2) is 0 Å². The van der Waals surface area contributed by atoms with Crippen molar-refractivity contribution in [2.75, 3.05) is 6.61 Å². The fraction of sp³-hybridized carbons (Fsp3) is 0.188. The quantitative estimate of drug-likeness (QED) is 0.782. The first kappa shape index (κ1) is 15.1. The zero-order chi connectivity index (χ0) is 16.2. The van der Waals surface area contributed by atoms with E-state index in [0.29, 0.717) is 16.9 Å². The molecule has 0 amide bonds. The number of halogens is 1. The molecule has 0 bridgehead atoms. The summed E-state index contributed by atoms with van der Waals surface area (Å²) >= 11 is 0. The van der Waals surface area contributed by atoms with Gasteiger partial charge in [0.2, 0.25) is 0 Å². The molecule has 3 rings (SSSR count). The van der Waals surface area contributed by atoms with Crippen LogP contribution in [0.1, 0.15) is 17.2 Å². The number of hydrogen-bond acceptors (Lipinski definition) is 5. The molecule has 2 aromatic carbocycles. The summed E-state index contributed by atoms with van der Waals surface area (Å²) < 4.78 is 20.2. The van der Waals surface area contributed by atoms with Crippen LogP contribution in [0.2, 0.25) is 0 Å². The fourth-order valence-corrected chi connectivity index (χ4v) is 2.25. The van der Waals surface area contributed by atoms with Gasteiger partial charge in [-0.1, -0.05) is 6.07 Å². The topological polar surface area (TPSA) is 73.1 Å². The van der Waals surface area contributed by atoms with Crippen LogP contribution in [0.3, 0.4) is 0 Å². The SMILES string of the molecule is Cc1cc(F)ccc1C(O)COc1ccc(-n2cnnn2)cc1. The molecule has 1 atom stereocenters. The van der Waals surface area contributed by atoms with Gasteiger partial charge >= 0.3 is 0 Å². The molecule has 1 aromatic heterocycles. The highest BCUT2D eigenvalue weighted by Gasteiger charge is 2.12. The maximum atomic E-state index is 13.1. The van der Waals surface area contributed by atoms with Crippen LogP contribution < -0.4 is 4.74 Å². The maximum Gasteiger partial charge on any atom is 0.143 e. The molecule has 0 fully saturated rings. The highest BCUT2D eigenvalue weighted by Crippen LogP contribution is 2.21. The molecule has 1 unspecified atom stereocenters. The lowest BCUT2D eigenvalue weighted by molar-refractivity contribution is 0.107. The number of aliphatic hydroxyl groups is 1. The van der Waals surface area contributed by atoms with E-state index in [1.807, 2.05) is 0 Å². The van der Waals surface area contributed by atoms with Crippen LogP contribution in [0.4, 0.5) is 4.39 Å². The predicted molar refractivity (Wildman–Crippen MR) is 80.7 cm³/mol. The fourth-order valence-electron chi connectivity index (χ4n) is 2.25. The number of ether oxygens (including phenoxy) is 1. The minimum absolute atomic E-state index is 0.0801. The zero-order valence-electron chi connectivity index (χ0n) is 12.4.